The van der Waals surface area contributed by atoms with E-state index in [9.17, 15) is 70.9 Å². The highest BCUT2D eigenvalue weighted by atomic mass is 16.8. The highest BCUT2D eigenvalue weighted by Crippen LogP contribution is 2.46. The molecule has 0 radical (unpaired) electrons. The normalized spacial score (nSPS) is 45.0. The summed E-state index contributed by atoms with van der Waals surface area (Å²) in [5, 5.41) is 123. The molecule has 2 fully saturated rings. The molecule has 0 spiro atoms. The second-order valence-electron chi connectivity index (χ2n) is 13.4. The number of fused-ring (bicyclic) bond motifs is 2. The first-order chi connectivity index (χ1) is 25.2. The maximum atomic E-state index is 13.4. The van der Waals surface area contributed by atoms with Crippen molar-refractivity contribution in [2.75, 3.05) is 26.4 Å². The number of ether oxygens (including phenoxy) is 7. The van der Waals surface area contributed by atoms with Gasteiger partial charge in [-0.1, -0.05) is 12.2 Å². The molecule has 0 unspecified atom stereocenters. The summed E-state index contributed by atoms with van der Waals surface area (Å²) in [6.45, 7) is -2.75. The number of carbonyl (C=O) groups excluding carboxylic acids is 1. The predicted molar refractivity (Wildman–Crippen MR) is 163 cm³/mol. The van der Waals surface area contributed by atoms with Gasteiger partial charge in [0, 0.05) is 11.8 Å². The van der Waals surface area contributed by atoms with E-state index in [2.05, 4.69) is 0 Å². The van der Waals surface area contributed by atoms with Crippen molar-refractivity contribution in [3.63, 3.8) is 0 Å². The molecule has 2 aliphatic carbocycles. The molecule has 0 aromatic carbocycles. The van der Waals surface area contributed by atoms with Crippen LogP contribution in [0.3, 0.4) is 0 Å². The van der Waals surface area contributed by atoms with E-state index < -0.39 is 148 Å². The third-order valence-electron chi connectivity index (χ3n) is 10.4. The van der Waals surface area contributed by atoms with Gasteiger partial charge in [-0.25, -0.2) is 9.59 Å². The van der Waals surface area contributed by atoms with Crippen molar-refractivity contribution >= 4 is 11.9 Å². The molecule has 53 heavy (non-hydrogen) atoms. The van der Waals surface area contributed by atoms with Crippen molar-refractivity contribution < 1.29 is 104 Å². The Hall–Kier alpha value is -3.10. The summed E-state index contributed by atoms with van der Waals surface area (Å²) >= 11 is 0. The molecule has 0 aromatic rings. The fraction of sp³-hybridized carbons (Fsp3) is 0.688. The third-order valence-corrected chi connectivity index (χ3v) is 10.4. The number of carbonyl (C=O) groups is 2. The molecule has 21 nitrogen and oxygen atoms in total. The van der Waals surface area contributed by atoms with Crippen LogP contribution in [-0.2, 0) is 42.7 Å². The van der Waals surface area contributed by atoms with Crippen LogP contribution in [-0.4, -0.2) is 186 Å². The predicted octanol–water partition coefficient (Wildman–Crippen LogP) is -6.21. The summed E-state index contributed by atoms with van der Waals surface area (Å²) < 4.78 is 38.9. The van der Waals surface area contributed by atoms with Gasteiger partial charge in [-0.05, 0) is 11.1 Å². The van der Waals surface area contributed by atoms with E-state index in [4.69, 9.17) is 33.2 Å². The van der Waals surface area contributed by atoms with Gasteiger partial charge in [0.05, 0.1) is 67.5 Å². The highest BCUT2D eigenvalue weighted by molar-refractivity contribution is 5.89. The Bertz CT molecular complexity index is 1490. The van der Waals surface area contributed by atoms with Crippen LogP contribution in [0.25, 0.3) is 0 Å². The smallest absolute Gasteiger partial charge is 0.337 e. The Morgan fingerprint density at radius 1 is 0.585 bits per heavy atom. The lowest BCUT2D eigenvalue weighted by molar-refractivity contribution is -0.341. The van der Waals surface area contributed by atoms with Crippen LogP contribution >= 0.6 is 0 Å². The van der Waals surface area contributed by atoms with Gasteiger partial charge in [0.1, 0.15) is 55.4 Å². The molecule has 12 N–H and O–H groups in total. The van der Waals surface area contributed by atoms with Gasteiger partial charge >= 0.3 is 11.9 Å². The van der Waals surface area contributed by atoms with E-state index in [-0.39, 0.29) is 22.3 Å². The monoisotopic (exact) mass is 762 g/mol. The van der Waals surface area contributed by atoms with E-state index >= 15 is 0 Å². The zero-order valence-corrected chi connectivity index (χ0v) is 27.6. The van der Waals surface area contributed by atoms with E-state index in [1.807, 2.05) is 0 Å². The maximum Gasteiger partial charge on any atom is 0.337 e. The zero-order valence-electron chi connectivity index (χ0n) is 27.6. The fourth-order valence-corrected chi connectivity index (χ4v) is 7.58. The van der Waals surface area contributed by atoms with Crippen LogP contribution in [0.15, 0.2) is 47.0 Å². The van der Waals surface area contributed by atoms with Crippen LogP contribution in [0.1, 0.15) is 0 Å². The van der Waals surface area contributed by atoms with Crippen molar-refractivity contribution in [1.29, 1.82) is 0 Å². The largest absolute Gasteiger partial charge is 0.478 e. The van der Waals surface area contributed by atoms with E-state index in [1.54, 1.807) is 0 Å². The van der Waals surface area contributed by atoms with Crippen molar-refractivity contribution in [3.05, 3.63) is 47.0 Å². The van der Waals surface area contributed by atoms with Gasteiger partial charge < -0.3 is 94.4 Å². The molecule has 6 aliphatic rings. The minimum atomic E-state index is -1.93. The Balaban J connectivity index is 1.14. The molecule has 4 heterocycles. The molecule has 0 aromatic heterocycles. The molecular weight excluding hydrogens is 720 g/mol. The van der Waals surface area contributed by atoms with E-state index in [1.165, 1.54) is 12.2 Å². The summed E-state index contributed by atoms with van der Waals surface area (Å²) in [6.07, 6.45) is -18.7. The molecule has 4 aliphatic heterocycles. The SMILES string of the molecule is O=C(O)C1=CO[C@@H](O[C@@H]2O[C@H](COC(=O)C3=CO[C@@H](O[C@@H]4O[C@H](CO)[C@@H](O)[C@H](O)[C@H]4O)[C@@H]4C(CO)=C[C@H](O)[C@H]34)[C@@H](O)[C@H](O)[C@H]2O)[C@H]2C(CO)=C[C@H](O)[C@@H]12. The Kier molecular flexibility index (Phi) is 11.9. The van der Waals surface area contributed by atoms with Gasteiger partial charge in [0.2, 0.25) is 12.6 Å². The van der Waals surface area contributed by atoms with E-state index in [0.717, 1.165) is 12.5 Å². The molecule has 0 bridgehead atoms. The molecule has 296 valence electrons. The van der Waals surface area contributed by atoms with Crippen molar-refractivity contribution in [2.24, 2.45) is 23.7 Å². The number of aliphatic hydroxyl groups excluding tert-OH is 11. The topological polar surface area (TPSA) is 342 Å². The Morgan fingerprint density at radius 2 is 1.04 bits per heavy atom. The molecular formula is C32H42O21. The van der Waals surface area contributed by atoms with Gasteiger partial charge in [-0.2, -0.15) is 0 Å². The lowest BCUT2D eigenvalue weighted by Gasteiger charge is -2.43. The fourth-order valence-electron chi connectivity index (χ4n) is 7.58. The first kappa shape index (κ1) is 39.6. The number of carboxylic acid groups (broad SMARTS) is 1. The first-order valence-corrected chi connectivity index (χ1v) is 16.6. The summed E-state index contributed by atoms with van der Waals surface area (Å²) in [5.41, 5.74) is -0.257. The second-order valence-corrected chi connectivity index (χ2v) is 13.4. The first-order valence-electron chi connectivity index (χ1n) is 16.6. The standard InChI is InChI=1S/C32H42O21/c33-3-9-1-13(36)19-11(27(44)45)6-48-29(17(9)19)53-32-26(43)24(41)22(39)16(51-32)8-47-28(46)12-7-49-30(18-10(4-34)2-14(37)20(12)18)52-31-25(42)23(40)21(38)15(5-35)50-31/h1-2,6-7,13-26,29-43H,3-5,8H2,(H,44,45)/t13-,14-,15+,16+,17-,18+,19+,20-,21+,22+,23-,24-,25+,26+,29-,30-,31-,32-/m0/s1. The third kappa shape index (κ3) is 7.24. The highest BCUT2D eigenvalue weighted by Gasteiger charge is 2.54. The molecule has 18 atom stereocenters. The molecule has 2 saturated heterocycles. The average Bonchev–Trinajstić information content (AvgIpc) is 3.67. The number of hydrogen-bond acceptors (Lipinski definition) is 20. The Morgan fingerprint density at radius 3 is 1.51 bits per heavy atom. The van der Waals surface area contributed by atoms with Crippen molar-refractivity contribution in [1.82, 2.24) is 0 Å². The summed E-state index contributed by atoms with van der Waals surface area (Å²) in [6, 6.07) is 0. The number of rotatable bonds is 11. The maximum absolute atomic E-state index is 13.4. The van der Waals surface area contributed by atoms with Crippen molar-refractivity contribution in [2.45, 2.75) is 86.2 Å². The van der Waals surface area contributed by atoms with Gasteiger partial charge in [-0.15, -0.1) is 0 Å². The number of hydrogen-bond donors (Lipinski definition) is 12. The lowest BCUT2D eigenvalue weighted by atomic mass is 9.82. The van der Waals surface area contributed by atoms with Gasteiger partial charge in [0.25, 0.3) is 0 Å². The minimum Gasteiger partial charge on any atom is -0.478 e. The van der Waals surface area contributed by atoms with Crippen LogP contribution in [0.5, 0.6) is 0 Å². The lowest BCUT2D eigenvalue weighted by Crippen LogP contribution is -2.60. The number of aliphatic carboxylic acids is 1. The summed E-state index contributed by atoms with van der Waals surface area (Å²) in [5.74, 6) is -6.95. The van der Waals surface area contributed by atoms with Crippen molar-refractivity contribution in [3.8, 4) is 0 Å². The molecule has 0 amide bonds. The van der Waals surface area contributed by atoms with Gasteiger partial charge in [-0.3, -0.25) is 0 Å². The quantitative estimate of drug-likeness (QED) is 0.0688. The number of esters is 1. The second kappa shape index (κ2) is 15.9. The molecule has 0 saturated carbocycles. The molecule has 6 rings (SSSR count). The van der Waals surface area contributed by atoms with Crippen LogP contribution < -0.4 is 0 Å². The van der Waals surface area contributed by atoms with Crippen LogP contribution in [0.4, 0.5) is 0 Å². The number of carboxylic acids is 1. The molecule has 21 heteroatoms. The summed E-state index contributed by atoms with van der Waals surface area (Å²) in [7, 11) is 0. The average molecular weight is 763 g/mol. The summed E-state index contributed by atoms with van der Waals surface area (Å²) in [4.78, 5) is 25.2. The zero-order chi connectivity index (χ0) is 38.5. The number of aliphatic hydroxyl groups is 11. The Labute approximate surface area is 299 Å². The minimum absolute atomic E-state index is 0.158. The van der Waals surface area contributed by atoms with Crippen LogP contribution in [0, 0.1) is 23.7 Å². The van der Waals surface area contributed by atoms with Crippen LogP contribution in [0.2, 0.25) is 0 Å². The van der Waals surface area contributed by atoms with Gasteiger partial charge in [0.15, 0.2) is 12.6 Å². The van der Waals surface area contributed by atoms with E-state index in [0.29, 0.717) is 0 Å².